The van der Waals surface area contributed by atoms with Gasteiger partial charge in [0, 0.05) is 11.8 Å². The van der Waals surface area contributed by atoms with E-state index in [0.717, 1.165) is 5.56 Å². The molecule has 5 rings (SSSR count). The molecule has 2 heterocycles. The third-order valence-electron chi connectivity index (χ3n) is 6.42. The van der Waals surface area contributed by atoms with E-state index >= 15 is 0 Å². The zero-order chi connectivity index (χ0) is 26.6. The highest BCUT2D eigenvalue weighted by Crippen LogP contribution is 2.41. The summed E-state index contributed by atoms with van der Waals surface area (Å²) in [5.41, 5.74) is 2.46. The van der Waals surface area contributed by atoms with Crippen molar-refractivity contribution in [2.75, 3.05) is 7.11 Å². The van der Waals surface area contributed by atoms with Crippen LogP contribution in [0, 0.1) is 6.92 Å². The highest BCUT2D eigenvalue weighted by molar-refractivity contribution is 6.46. The van der Waals surface area contributed by atoms with Crippen LogP contribution in [0.3, 0.4) is 0 Å². The van der Waals surface area contributed by atoms with Crippen molar-refractivity contribution in [3.8, 4) is 17.2 Å². The summed E-state index contributed by atoms with van der Waals surface area (Å²) in [6.07, 6.45) is 1.63. The predicted molar refractivity (Wildman–Crippen MR) is 143 cm³/mol. The fourth-order valence-corrected chi connectivity index (χ4v) is 4.61. The van der Waals surface area contributed by atoms with E-state index in [1.54, 1.807) is 61.8 Å². The van der Waals surface area contributed by atoms with Gasteiger partial charge >= 0.3 is 0 Å². The average molecular weight is 507 g/mol. The molecule has 3 aromatic carbocycles. The Kier molecular flexibility index (Phi) is 6.91. The standard InChI is InChI=1S/C31H26N2O5/c1-20-17-22(14-15-26(20)37-2)29(34)27-28(33(31(36)30(27)35)19-23-10-6-7-16-32-23)21-9-8-13-25(18-21)38-24-11-4-3-5-12-24/h3-18,28,34H,19H2,1-2H3/b29-27+. The SMILES string of the molecule is COc1ccc(/C(O)=C2\C(=O)C(=O)N(Cc3ccccn3)C2c2cccc(Oc3ccccc3)c2)cc1C. The molecule has 0 bridgehead atoms. The number of benzene rings is 3. The van der Waals surface area contributed by atoms with Gasteiger partial charge in [-0.05, 0) is 72.6 Å². The van der Waals surface area contributed by atoms with Crippen molar-refractivity contribution < 1.29 is 24.2 Å². The van der Waals surface area contributed by atoms with Crippen molar-refractivity contribution in [3.63, 3.8) is 0 Å². The van der Waals surface area contributed by atoms with Gasteiger partial charge in [0.15, 0.2) is 0 Å². The van der Waals surface area contributed by atoms with Crippen LogP contribution in [0.25, 0.3) is 5.76 Å². The first-order valence-electron chi connectivity index (χ1n) is 12.1. The summed E-state index contributed by atoms with van der Waals surface area (Å²) in [5, 5.41) is 11.4. The van der Waals surface area contributed by atoms with Gasteiger partial charge in [0.2, 0.25) is 0 Å². The number of para-hydroxylation sites is 1. The number of hydrogen-bond donors (Lipinski definition) is 1. The van der Waals surface area contributed by atoms with Gasteiger partial charge in [-0.2, -0.15) is 0 Å². The lowest BCUT2D eigenvalue weighted by Crippen LogP contribution is -2.29. The molecule has 1 aliphatic rings. The van der Waals surface area contributed by atoms with E-state index in [9.17, 15) is 14.7 Å². The van der Waals surface area contributed by atoms with Crippen LogP contribution in [0.15, 0.2) is 103 Å². The van der Waals surface area contributed by atoms with Crippen LogP contribution < -0.4 is 9.47 Å². The summed E-state index contributed by atoms with van der Waals surface area (Å²) in [6.45, 7) is 1.94. The third kappa shape index (κ3) is 4.86. The van der Waals surface area contributed by atoms with Gasteiger partial charge in [-0.1, -0.05) is 36.4 Å². The lowest BCUT2D eigenvalue weighted by Gasteiger charge is -2.25. The minimum atomic E-state index is -0.848. The number of carbonyl (C=O) groups excluding carboxylic acids is 2. The summed E-state index contributed by atoms with van der Waals surface area (Å²) < 4.78 is 11.3. The van der Waals surface area contributed by atoms with Crippen LogP contribution in [-0.4, -0.2) is 33.8 Å². The molecule has 190 valence electrons. The summed E-state index contributed by atoms with van der Waals surface area (Å²) in [4.78, 5) is 32.5. The normalized spacial score (nSPS) is 16.5. The molecule has 0 saturated carbocycles. The zero-order valence-electron chi connectivity index (χ0n) is 21.0. The van der Waals surface area contributed by atoms with E-state index in [0.29, 0.717) is 34.1 Å². The first kappa shape index (κ1) is 24.8. The second kappa shape index (κ2) is 10.6. The molecule has 1 fully saturated rings. The molecule has 1 saturated heterocycles. The molecule has 1 atom stereocenters. The summed E-state index contributed by atoms with van der Waals surface area (Å²) >= 11 is 0. The number of aromatic nitrogens is 1. The molecule has 7 nitrogen and oxygen atoms in total. The number of methoxy groups -OCH3 is 1. The molecular formula is C31H26N2O5. The minimum Gasteiger partial charge on any atom is -0.507 e. The van der Waals surface area contributed by atoms with E-state index in [2.05, 4.69) is 4.98 Å². The molecule has 4 aromatic rings. The number of rotatable bonds is 7. The number of aliphatic hydroxyl groups excluding tert-OH is 1. The Balaban J connectivity index is 1.62. The number of hydrogen-bond acceptors (Lipinski definition) is 6. The van der Waals surface area contributed by atoms with Crippen LogP contribution in [-0.2, 0) is 16.1 Å². The largest absolute Gasteiger partial charge is 0.507 e. The molecule has 38 heavy (non-hydrogen) atoms. The average Bonchev–Trinajstić information content (AvgIpc) is 3.19. The summed E-state index contributed by atoms with van der Waals surface area (Å²) in [5.74, 6) is 0.128. The van der Waals surface area contributed by atoms with Crippen molar-refractivity contribution in [2.24, 2.45) is 0 Å². The Hall–Kier alpha value is -4.91. The Labute approximate surface area is 220 Å². The maximum absolute atomic E-state index is 13.4. The predicted octanol–water partition coefficient (Wildman–Crippen LogP) is 5.81. The van der Waals surface area contributed by atoms with Crippen molar-refractivity contribution >= 4 is 17.4 Å². The van der Waals surface area contributed by atoms with Gasteiger partial charge in [0.05, 0.1) is 31.0 Å². The number of amides is 1. The zero-order valence-corrected chi connectivity index (χ0v) is 21.0. The molecule has 0 radical (unpaired) electrons. The molecule has 1 aromatic heterocycles. The fourth-order valence-electron chi connectivity index (χ4n) is 4.61. The van der Waals surface area contributed by atoms with E-state index in [-0.39, 0.29) is 17.9 Å². The Bertz CT molecular complexity index is 1520. The van der Waals surface area contributed by atoms with Crippen LogP contribution in [0.2, 0.25) is 0 Å². The second-order valence-corrected chi connectivity index (χ2v) is 8.92. The lowest BCUT2D eigenvalue weighted by atomic mass is 9.94. The van der Waals surface area contributed by atoms with E-state index in [1.807, 2.05) is 49.4 Å². The number of nitrogens with zero attached hydrogens (tertiary/aromatic N) is 2. The van der Waals surface area contributed by atoms with Crippen LogP contribution in [0.1, 0.15) is 28.4 Å². The second-order valence-electron chi connectivity index (χ2n) is 8.92. The van der Waals surface area contributed by atoms with Gasteiger partial charge in [0.25, 0.3) is 11.7 Å². The Morgan fingerprint density at radius 1 is 0.921 bits per heavy atom. The summed E-state index contributed by atoms with van der Waals surface area (Å²) in [7, 11) is 1.57. The number of Topliss-reactive ketones (excluding diaryl/α,β-unsaturated/α-hetero) is 1. The molecule has 0 aliphatic carbocycles. The van der Waals surface area contributed by atoms with Gasteiger partial charge in [-0.15, -0.1) is 0 Å². The number of aliphatic hydroxyl groups is 1. The van der Waals surface area contributed by atoms with Crippen LogP contribution in [0.5, 0.6) is 17.2 Å². The maximum atomic E-state index is 13.4. The Morgan fingerprint density at radius 3 is 2.39 bits per heavy atom. The fraction of sp³-hybridized carbons (Fsp3) is 0.129. The van der Waals surface area contributed by atoms with E-state index in [4.69, 9.17) is 9.47 Å². The van der Waals surface area contributed by atoms with Crippen molar-refractivity contribution in [1.82, 2.24) is 9.88 Å². The third-order valence-corrected chi connectivity index (χ3v) is 6.42. The first-order chi connectivity index (χ1) is 18.5. The molecule has 0 spiro atoms. The summed E-state index contributed by atoms with van der Waals surface area (Å²) in [6, 6.07) is 26.2. The topological polar surface area (TPSA) is 89.0 Å². The number of carbonyl (C=O) groups is 2. The molecule has 1 amide bonds. The van der Waals surface area contributed by atoms with Crippen molar-refractivity contribution in [3.05, 3.63) is 125 Å². The lowest BCUT2D eigenvalue weighted by molar-refractivity contribution is -0.140. The molecule has 1 N–H and O–H groups in total. The van der Waals surface area contributed by atoms with E-state index in [1.165, 1.54) is 4.90 Å². The van der Waals surface area contributed by atoms with E-state index < -0.39 is 17.7 Å². The number of ether oxygens (including phenoxy) is 2. The molecule has 1 unspecified atom stereocenters. The minimum absolute atomic E-state index is 0.00681. The highest BCUT2D eigenvalue weighted by Gasteiger charge is 2.46. The van der Waals surface area contributed by atoms with Gasteiger partial charge in [-0.3, -0.25) is 14.6 Å². The van der Waals surface area contributed by atoms with Gasteiger partial charge in [-0.25, -0.2) is 0 Å². The quantitative estimate of drug-likeness (QED) is 0.193. The maximum Gasteiger partial charge on any atom is 0.296 e. The first-order valence-corrected chi connectivity index (χ1v) is 12.1. The monoisotopic (exact) mass is 506 g/mol. The molecule has 7 heteroatoms. The number of likely N-dealkylation sites (tertiary alicyclic amines) is 1. The Morgan fingerprint density at radius 2 is 1.68 bits per heavy atom. The smallest absolute Gasteiger partial charge is 0.296 e. The highest BCUT2D eigenvalue weighted by atomic mass is 16.5. The number of ketones is 1. The van der Waals surface area contributed by atoms with Crippen molar-refractivity contribution in [1.29, 1.82) is 0 Å². The van der Waals surface area contributed by atoms with Crippen LogP contribution in [0.4, 0.5) is 0 Å². The van der Waals surface area contributed by atoms with Crippen LogP contribution >= 0.6 is 0 Å². The van der Waals surface area contributed by atoms with Crippen molar-refractivity contribution in [2.45, 2.75) is 19.5 Å². The molecular weight excluding hydrogens is 480 g/mol. The van der Waals surface area contributed by atoms with Gasteiger partial charge in [0.1, 0.15) is 23.0 Å². The van der Waals surface area contributed by atoms with Gasteiger partial charge < -0.3 is 19.5 Å². The number of pyridine rings is 1. The molecule has 1 aliphatic heterocycles. The number of aryl methyl sites for hydroxylation is 1.